The van der Waals surface area contributed by atoms with Crippen molar-refractivity contribution in [1.82, 2.24) is 0 Å². The van der Waals surface area contributed by atoms with Crippen molar-refractivity contribution in [1.29, 1.82) is 0 Å². The predicted molar refractivity (Wildman–Crippen MR) is 31.5 cm³/mol. The number of halogens is 3. The first-order chi connectivity index (χ1) is 3.30. The smallest absolute Gasteiger partial charge is 1.00 e. The van der Waals surface area contributed by atoms with Crippen LogP contribution in [0.5, 0.6) is 0 Å². The fourth-order valence-corrected chi connectivity index (χ4v) is 0.600. The molecule has 0 spiro atoms. The maximum atomic E-state index is 2.12. The second-order valence-electron chi connectivity index (χ2n) is 1.89. The third kappa shape index (κ3) is 7.46. The van der Waals surface area contributed by atoms with Gasteiger partial charge in [-0.25, -0.2) is 6.07 Å². The van der Waals surface area contributed by atoms with Crippen LogP contribution in [0.3, 0.4) is 0 Å². The Morgan fingerprint density at radius 2 is 1.55 bits per heavy atom. The van der Waals surface area contributed by atoms with Gasteiger partial charge in [-0.2, -0.15) is 23.3 Å². The van der Waals surface area contributed by atoms with Crippen molar-refractivity contribution >= 4 is 0 Å². The summed E-state index contributed by atoms with van der Waals surface area (Å²) in [6, 6.07) is 6.31. The Balaban J connectivity index is -0.0000000612. The van der Waals surface area contributed by atoms with Crippen LogP contribution in [0.15, 0.2) is 18.2 Å². The molecule has 0 unspecified atom stereocenters. The molecule has 0 saturated heterocycles. The van der Waals surface area contributed by atoms with Crippen LogP contribution in [0.25, 0.3) is 0 Å². The Hall–Kier alpha value is 1.10. The first-order valence-corrected chi connectivity index (χ1v) is 2.49. The summed E-state index contributed by atoms with van der Waals surface area (Å²) < 4.78 is 0. The summed E-state index contributed by atoms with van der Waals surface area (Å²) in [6.07, 6.45) is 0. The minimum absolute atomic E-state index is 0. The molecule has 0 nitrogen and oxygen atoms in total. The average molecular weight is 291 g/mol. The monoisotopic (exact) mass is 288 g/mol. The Morgan fingerprint density at radius 1 is 1.09 bits per heavy atom. The van der Waals surface area contributed by atoms with Gasteiger partial charge in [0.1, 0.15) is 0 Å². The normalized spacial score (nSPS) is 6.00. The fraction of sp³-hybridized carbons (Fsp3) is 0.286. The molecule has 0 heterocycles. The van der Waals surface area contributed by atoms with Gasteiger partial charge in [0.2, 0.25) is 0 Å². The summed E-state index contributed by atoms with van der Waals surface area (Å²) in [5.41, 5.74) is 2.78. The molecule has 4 heteroatoms. The van der Waals surface area contributed by atoms with Crippen molar-refractivity contribution in [3.63, 3.8) is 0 Å². The SMILES string of the molecule is Cc1cc[cH-]c1C.[Cl-].[Cl-].[Cl-].[Zr+4]. The summed E-state index contributed by atoms with van der Waals surface area (Å²) in [6.45, 7) is 4.24. The maximum Gasteiger partial charge on any atom is 4.00 e. The van der Waals surface area contributed by atoms with E-state index >= 15 is 0 Å². The molecule has 1 aromatic rings. The third-order valence-corrected chi connectivity index (χ3v) is 1.31. The topological polar surface area (TPSA) is 0 Å². The molecule has 1 aromatic carbocycles. The summed E-state index contributed by atoms with van der Waals surface area (Å²) in [4.78, 5) is 0. The van der Waals surface area contributed by atoms with Gasteiger partial charge in [-0.15, -0.1) is 0 Å². The zero-order valence-corrected chi connectivity index (χ0v) is 11.1. The summed E-state index contributed by atoms with van der Waals surface area (Å²) >= 11 is 0. The van der Waals surface area contributed by atoms with E-state index in [0.717, 1.165) is 0 Å². The standard InChI is InChI=1S/C7H9.3ClH.Zr/c1-6-4-3-5-7(6)2;;;;/h3-5H,1-2H3;3*1H;/q-1;;;;+4/p-3. The van der Waals surface area contributed by atoms with Gasteiger partial charge in [0.15, 0.2) is 0 Å². The van der Waals surface area contributed by atoms with E-state index in [1.807, 2.05) is 0 Å². The van der Waals surface area contributed by atoms with Gasteiger partial charge in [0.25, 0.3) is 0 Å². The quantitative estimate of drug-likeness (QED) is 0.417. The molecule has 0 radical (unpaired) electrons. The first kappa shape index (κ1) is 22.7. The predicted octanol–water partition coefficient (Wildman–Crippen LogP) is -6.97. The minimum atomic E-state index is 0. The van der Waals surface area contributed by atoms with Crippen LogP contribution in [-0.4, -0.2) is 0 Å². The van der Waals surface area contributed by atoms with E-state index in [1.165, 1.54) is 11.1 Å². The Bertz CT molecular complexity index is 146. The second-order valence-corrected chi connectivity index (χ2v) is 1.89. The number of aryl methyl sites for hydroxylation is 2. The molecular weight excluding hydrogens is 282 g/mol. The molecule has 0 atom stereocenters. The van der Waals surface area contributed by atoms with Crippen LogP contribution >= 0.6 is 0 Å². The van der Waals surface area contributed by atoms with Crippen LogP contribution in [0, 0.1) is 13.8 Å². The Labute approximate surface area is 106 Å². The largest absolute Gasteiger partial charge is 4.00 e. The second kappa shape index (κ2) is 11.1. The van der Waals surface area contributed by atoms with Gasteiger partial charge in [-0.05, 0) is 0 Å². The number of hydrogen-bond donors (Lipinski definition) is 0. The molecule has 0 bridgehead atoms. The zero-order valence-electron chi connectivity index (χ0n) is 6.37. The average Bonchev–Trinajstić information content (AvgIpc) is 1.91. The van der Waals surface area contributed by atoms with Crippen molar-refractivity contribution < 1.29 is 63.4 Å². The number of rotatable bonds is 0. The molecule has 0 aliphatic carbocycles. The molecule has 11 heavy (non-hydrogen) atoms. The minimum Gasteiger partial charge on any atom is -1.00 e. The summed E-state index contributed by atoms with van der Waals surface area (Å²) in [5.74, 6) is 0. The van der Waals surface area contributed by atoms with E-state index in [-0.39, 0.29) is 63.4 Å². The molecule has 0 N–H and O–H groups in total. The van der Waals surface area contributed by atoms with E-state index in [2.05, 4.69) is 32.0 Å². The first-order valence-electron chi connectivity index (χ1n) is 2.49. The molecule has 0 saturated carbocycles. The number of hydrogen-bond acceptors (Lipinski definition) is 0. The fourth-order valence-electron chi connectivity index (χ4n) is 0.600. The van der Waals surface area contributed by atoms with Crippen LogP contribution in [0.4, 0.5) is 0 Å². The van der Waals surface area contributed by atoms with Crippen LogP contribution in [-0.2, 0) is 26.2 Å². The van der Waals surface area contributed by atoms with E-state index in [9.17, 15) is 0 Å². The molecule has 62 valence electrons. The molecule has 0 amide bonds. The van der Waals surface area contributed by atoms with Gasteiger partial charge < -0.3 is 37.2 Å². The molecule has 0 aliphatic rings. The van der Waals surface area contributed by atoms with Crippen LogP contribution in [0.1, 0.15) is 11.1 Å². The Morgan fingerprint density at radius 3 is 1.64 bits per heavy atom. The van der Waals surface area contributed by atoms with Gasteiger partial charge in [-0.3, -0.25) is 0 Å². The molecule has 1 rings (SSSR count). The summed E-state index contributed by atoms with van der Waals surface area (Å²) in [5, 5.41) is 0. The van der Waals surface area contributed by atoms with E-state index < -0.39 is 0 Å². The molecule has 0 aliphatic heterocycles. The van der Waals surface area contributed by atoms with Gasteiger partial charge in [0, 0.05) is 0 Å². The third-order valence-electron chi connectivity index (χ3n) is 1.31. The van der Waals surface area contributed by atoms with E-state index in [0.29, 0.717) is 0 Å². The van der Waals surface area contributed by atoms with Crippen molar-refractivity contribution in [2.75, 3.05) is 0 Å². The van der Waals surface area contributed by atoms with Gasteiger partial charge >= 0.3 is 26.2 Å². The van der Waals surface area contributed by atoms with Gasteiger partial charge in [0.05, 0.1) is 0 Å². The van der Waals surface area contributed by atoms with Crippen molar-refractivity contribution in [2.24, 2.45) is 0 Å². The molecule has 0 fully saturated rings. The van der Waals surface area contributed by atoms with Crippen LogP contribution < -0.4 is 37.2 Å². The van der Waals surface area contributed by atoms with Crippen molar-refractivity contribution in [3.05, 3.63) is 29.3 Å². The molecule has 0 aromatic heterocycles. The summed E-state index contributed by atoms with van der Waals surface area (Å²) in [7, 11) is 0. The maximum absolute atomic E-state index is 2.12. The zero-order chi connectivity index (χ0) is 5.28. The Kier molecular flexibility index (Phi) is 22.9. The van der Waals surface area contributed by atoms with E-state index in [4.69, 9.17) is 0 Å². The van der Waals surface area contributed by atoms with E-state index in [1.54, 1.807) is 0 Å². The molecular formula is C7H9Cl3Zr. The van der Waals surface area contributed by atoms with Crippen molar-refractivity contribution in [2.45, 2.75) is 13.8 Å². The van der Waals surface area contributed by atoms with Crippen LogP contribution in [0.2, 0.25) is 0 Å². The van der Waals surface area contributed by atoms with Crippen molar-refractivity contribution in [3.8, 4) is 0 Å². The van der Waals surface area contributed by atoms with Gasteiger partial charge in [-0.1, -0.05) is 13.8 Å².